The number of halogens is 1. The molecule has 1 aliphatic rings. The Kier molecular flexibility index (Phi) is 7.37. The molecule has 1 saturated heterocycles. The number of nitrogen functional groups attached to an aromatic ring is 1. The van der Waals surface area contributed by atoms with Crippen LogP contribution >= 0.6 is 0 Å². The number of likely N-dealkylation sites (tertiary alicyclic amines) is 1. The van der Waals surface area contributed by atoms with Crippen molar-refractivity contribution in [2.45, 2.75) is 25.8 Å². The number of oxime groups is 1. The highest BCUT2D eigenvalue weighted by atomic mass is 19.1. The van der Waals surface area contributed by atoms with E-state index in [1.54, 1.807) is 18.3 Å². The summed E-state index contributed by atoms with van der Waals surface area (Å²) in [4.78, 5) is 16.3. The van der Waals surface area contributed by atoms with Crippen molar-refractivity contribution in [1.29, 1.82) is 0 Å². The van der Waals surface area contributed by atoms with Gasteiger partial charge in [-0.1, -0.05) is 23.7 Å². The predicted octanol–water partition coefficient (Wildman–Crippen LogP) is 4.78. The Hall–Kier alpha value is -3.98. The van der Waals surface area contributed by atoms with Crippen LogP contribution in [0.2, 0.25) is 0 Å². The van der Waals surface area contributed by atoms with Crippen LogP contribution in [0.25, 0.3) is 10.9 Å². The van der Waals surface area contributed by atoms with Crippen LogP contribution in [0.1, 0.15) is 30.4 Å². The molecule has 0 bridgehead atoms. The van der Waals surface area contributed by atoms with E-state index < -0.39 is 0 Å². The number of piperidine rings is 1. The molecule has 0 spiro atoms. The summed E-state index contributed by atoms with van der Waals surface area (Å²) < 4.78 is 15.7. The fraction of sp³-hybridized carbons (Fsp3) is 0.296. The van der Waals surface area contributed by atoms with Gasteiger partial charge in [0.1, 0.15) is 30.4 Å². The van der Waals surface area contributed by atoms with E-state index >= 15 is 0 Å². The van der Waals surface area contributed by atoms with Crippen molar-refractivity contribution < 1.29 is 9.23 Å². The van der Waals surface area contributed by atoms with Crippen LogP contribution in [0.4, 0.5) is 21.7 Å². The number of anilines is 3. The van der Waals surface area contributed by atoms with Gasteiger partial charge in [-0.15, -0.1) is 0 Å². The van der Waals surface area contributed by atoms with Gasteiger partial charge in [-0.05, 0) is 67.9 Å². The van der Waals surface area contributed by atoms with E-state index in [1.807, 2.05) is 36.5 Å². The highest BCUT2D eigenvalue weighted by molar-refractivity contribution is 5.93. The summed E-state index contributed by atoms with van der Waals surface area (Å²) in [5, 5.41) is 8.48. The third-order valence-electron chi connectivity index (χ3n) is 6.39. The number of aromatic nitrogens is 3. The predicted molar refractivity (Wildman–Crippen MR) is 141 cm³/mol. The molecule has 9 heteroatoms. The van der Waals surface area contributed by atoms with Crippen LogP contribution in [0, 0.1) is 5.82 Å². The monoisotopic (exact) mass is 487 g/mol. The average Bonchev–Trinajstić information content (AvgIpc) is 3.28. The highest BCUT2D eigenvalue weighted by Crippen LogP contribution is 2.25. The first-order valence-corrected chi connectivity index (χ1v) is 12.2. The second kappa shape index (κ2) is 11.2. The van der Waals surface area contributed by atoms with Crippen molar-refractivity contribution >= 4 is 34.4 Å². The molecule has 1 aliphatic heterocycles. The van der Waals surface area contributed by atoms with Crippen molar-refractivity contribution in [3.8, 4) is 0 Å². The number of nitrogens with zero attached hydrogens (tertiary/aromatic N) is 5. The molecule has 0 unspecified atom stereocenters. The Labute approximate surface area is 209 Å². The van der Waals surface area contributed by atoms with E-state index in [4.69, 9.17) is 10.6 Å². The number of hydrogen-bond donors (Lipinski definition) is 2. The maximum absolute atomic E-state index is 13.6. The van der Waals surface area contributed by atoms with Gasteiger partial charge in [0.15, 0.2) is 0 Å². The molecule has 36 heavy (non-hydrogen) atoms. The van der Waals surface area contributed by atoms with Crippen LogP contribution in [-0.4, -0.2) is 51.9 Å². The van der Waals surface area contributed by atoms with E-state index in [2.05, 4.69) is 29.9 Å². The minimum atomic E-state index is -0.230. The molecule has 0 atom stereocenters. The first-order valence-electron chi connectivity index (χ1n) is 12.2. The summed E-state index contributed by atoms with van der Waals surface area (Å²) in [7, 11) is 0. The lowest BCUT2D eigenvalue weighted by atomic mass is 10.1. The lowest BCUT2D eigenvalue weighted by Crippen LogP contribution is -2.32. The molecule has 3 heterocycles. The number of hydrogen-bond acceptors (Lipinski definition) is 7. The van der Waals surface area contributed by atoms with Crippen LogP contribution in [0.3, 0.4) is 0 Å². The van der Waals surface area contributed by atoms with Gasteiger partial charge in [-0.25, -0.2) is 14.4 Å². The quantitative estimate of drug-likeness (QED) is 0.200. The summed E-state index contributed by atoms with van der Waals surface area (Å²) >= 11 is 0. The Morgan fingerprint density at radius 3 is 2.83 bits per heavy atom. The van der Waals surface area contributed by atoms with Gasteiger partial charge in [0.05, 0.1) is 11.8 Å². The molecule has 2 aromatic carbocycles. The number of benzene rings is 2. The molecule has 0 radical (unpaired) electrons. The molecule has 2 aromatic heterocycles. The summed E-state index contributed by atoms with van der Waals surface area (Å²) in [6.07, 6.45) is 8.79. The highest BCUT2D eigenvalue weighted by Gasteiger charge is 2.11. The summed E-state index contributed by atoms with van der Waals surface area (Å²) in [5.74, 6) is 0.633. The number of nitrogens with two attached hydrogens (primary N) is 1. The smallest absolute Gasteiger partial charge is 0.144 e. The van der Waals surface area contributed by atoms with Gasteiger partial charge < -0.3 is 20.5 Å². The Bertz CT molecular complexity index is 1350. The number of rotatable bonds is 9. The zero-order chi connectivity index (χ0) is 24.7. The topological polar surface area (TPSA) is 93.6 Å². The molecule has 1 fully saturated rings. The fourth-order valence-electron chi connectivity index (χ4n) is 4.52. The SMILES string of the molecule is Nc1ncnc(Nc2ccc3c(ccn3Cc3cccc(F)c3)c2)c1/C=N/OCCN1CCCCC1. The Balaban J connectivity index is 1.26. The molecule has 4 aromatic rings. The average molecular weight is 488 g/mol. The van der Waals surface area contributed by atoms with Crippen LogP contribution < -0.4 is 11.1 Å². The summed E-state index contributed by atoms with van der Waals surface area (Å²) in [5.41, 5.74) is 9.49. The first kappa shape index (κ1) is 23.7. The molecular formula is C27H30FN7O. The van der Waals surface area contributed by atoms with Gasteiger partial charge in [-0.2, -0.15) is 0 Å². The Morgan fingerprint density at radius 1 is 1.08 bits per heavy atom. The normalized spacial score (nSPS) is 14.5. The van der Waals surface area contributed by atoms with Crippen LogP contribution in [-0.2, 0) is 11.4 Å². The van der Waals surface area contributed by atoms with Crippen LogP contribution in [0.5, 0.6) is 0 Å². The fourth-order valence-corrected chi connectivity index (χ4v) is 4.52. The third-order valence-corrected chi connectivity index (χ3v) is 6.39. The van der Waals surface area contributed by atoms with E-state index in [9.17, 15) is 4.39 Å². The number of fused-ring (bicyclic) bond motifs is 1. The largest absolute Gasteiger partial charge is 0.394 e. The first-order chi connectivity index (χ1) is 17.7. The van der Waals surface area contributed by atoms with Crippen molar-refractivity contribution in [2.24, 2.45) is 5.16 Å². The van der Waals surface area contributed by atoms with Gasteiger partial charge in [-0.3, -0.25) is 4.90 Å². The van der Waals surface area contributed by atoms with Gasteiger partial charge >= 0.3 is 0 Å². The van der Waals surface area contributed by atoms with Crippen molar-refractivity contribution in [1.82, 2.24) is 19.4 Å². The second-order valence-corrected chi connectivity index (χ2v) is 8.96. The standard InChI is InChI=1S/C27H30FN7O/c28-22-6-4-5-20(15-22)18-35-12-9-21-16-23(7-8-25(21)35)33-27-24(26(29)30-19-31-27)17-32-36-14-13-34-10-2-1-3-11-34/h4-9,12,15-17,19H,1-3,10-11,13-14,18H2,(H3,29,30,31,33)/b32-17+. The van der Waals surface area contributed by atoms with Crippen molar-refractivity contribution in [3.05, 3.63) is 78.0 Å². The minimum Gasteiger partial charge on any atom is -0.394 e. The summed E-state index contributed by atoms with van der Waals surface area (Å²) in [6.45, 7) is 4.23. The van der Waals surface area contributed by atoms with Gasteiger partial charge in [0.2, 0.25) is 0 Å². The van der Waals surface area contributed by atoms with E-state index in [1.165, 1.54) is 31.7 Å². The van der Waals surface area contributed by atoms with E-state index in [0.717, 1.165) is 41.8 Å². The summed E-state index contributed by atoms with van der Waals surface area (Å²) in [6, 6.07) is 14.7. The molecule has 5 rings (SSSR count). The number of nitrogens with one attached hydrogen (secondary N) is 1. The van der Waals surface area contributed by atoms with E-state index in [0.29, 0.717) is 30.4 Å². The minimum absolute atomic E-state index is 0.230. The Morgan fingerprint density at radius 2 is 1.97 bits per heavy atom. The van der Waals surface area contributed by atoms with Crippen molar-refractivity contribution in [2.75, 3.05) is 37.3 Å². The van der Waals surface area contributed by atoms with Gasteiger partial charge in [0, 0.05) is 35.9 Å². The third kappa shape index (κ3) is 5.80. The zero-order valence-corrected chi connectivity index (χ0v) is 20.1. The molecule has 0 aliphatic carbocycles. The van der Waals surface area contributed by atoms with Gasteiger partial charge in [0.25, 0.3) is 0 Å². The molecule has 8 nitrogen and oxygen atoms in total. The second-order valence-electron chi connectivity index (χ2n) is 8.96. The molecule has 186 valence electrons. The molecule has 3 N–H and O–H groups in total. The maximum Gasteiger partial charge on any atom is 0.144 e. The molecule has 0 saturated carbocycles. The van der Waals surface area contributed by atoms with Crippen molar-refractivity contribution in [3.63, 3.8) is 0 Å². The lowest BCUT2D eigenvalue weighted by Gasteiger charge is -2.25. The molecule has 0 amide bonds. The van der Waals surface area contributed by atoms with E-state index in [-0.39, 0.29) is 5.82 Å². The van der Waals surface area contributed by atoms with Crippen LogP contribution in [0.15, 0.2) is 66.2 Å². The maximum atomic E-state index is 13.6. The lowest BCUT2D eigenvalue weighted by molar-refractivity contribution is 0.103. The zero-order valence-electron chi connectivity index (χ0n) is 20.1. The molecular weight excluding hydrogens is 457 g/mol.